The number of fused-ring (bicyclic) bond motifs is 3. The van der Waals surface area contributed by atoms with Gasteiger partial charge in [-0.05, 0) is 80.3 Å². The first-order valence-corrected chi connectivity index (χ1v) is 16.6. The van der Waals surface area contributed by atoms with Gasteiger partial charge in [0, 0.05) is 72.6 Å². The molecule has 0 unspecified atom stereocenters. The quantitative estimate of drug-likeness (QED) is 0.246. The summed E-state index contributed by atoms with van der Waals surface area (Å²) < 4.78 is 10.8. The lowest BCUT2D eigenvalue weighted by Gasteiger charge is -2.53. The lowest BCUT2D eigenvalue weighted by molar-refractivity contribution is -0.000512. The number of ether oxygens (including phenoxy) is 2. The van der Waals surface area contributed by atoms with Crippen molar-refractivity contribution in [2.45, 2.75) is 33.1 Å². The van der Waals surface area contributed by atoms with Crippen LogP contribution in [-0.2, 0) is 15.9 Å². The minimum absolute atomic E-state index is 0.129. The minimum atomic E-state index is -0.322. The highest BCUT2D eigenvalue weighted by Crippen LogP contribution is 2.43. The van der Waals surface area contributed by atoms with E-state index in [4.69, 9.17) is 9.47 Å². The largest absolute Gasteiger partial charge is 0.462 e. The van der Waals surface area contributed by atoms with E-state index in [1.165, 1.54) is 11.3 Å². The minimum Gasteiger partial charge on any atom is -0.462 e. The molecule has 0 bridgehead atoms. The van der Waals surface area contributed by atoms with Crippen LogP contribution in [0.1, 0.15) is 60.6 Å². The number of rotatable bonds is 6. The summed E-state index contributed by atoms with van der Waals surface area (Å²) >= 11 is 1.42. The maximum absolute atomic E-state index is 13.9. The van der Waals surface area contributed by atoms with Gasteiger partial charge in [-0.2, -0.15) is 0 Å². The summed E-state index contributed by atoms with van der Waals surface area (Å²) in [6.45, 7) is 7.86. The molecule has 0 aliphatic carbocycles. The van der Waals surface area contributed by atoms with E-state index in [1.807, 2.05) is 43.3 Å². The second-order valence-electron chi connectivity index (χ2n) is 12.3. The highest BCUT2D eigenvalue weighted by Gasteiger charge is 2.45. The number of thiophene rings is 1. The third kappa shape index (κ3) is 5.67. The predicted octanol–water partition coefficient (Wildman–Crippen LogP) is 6.37. The van der Waals surface area contributed by atoms with Crippen LogP contribution < -0.4 is 15.1 Å². The van der Waals surface area contributed by atoms with Crippen LogP contribution in [0, 0.1) is 12.3 Å². The molecule has 3 aliphatic heterocycles. The fourth-order valence-electron chi connectivity index (χ4n) is 6.69. The Morgan fingerprint density at radius 2 is 1.78 bits per heavy atom. The van der Waals surface area contributed by atoms with E-state index >= 15 is 0 Å². The number of aryl methyl sites for hydroxylation is 1. The van der Waals surface area contributed by atoms with Crippen molar-refractivity contribution in [2.75, 3.05) is 54.6 Å². The molecular formula is C36H36N4O5S. The van der Waals surface area contributed by atoms with Gasteiger partial charge in [0.15, 0.2) is 0 Å². The van der Waals surface area contributed by atoms with Crippen LogP contribution in [0.2, 0.25) is 0 Å². The number of carbonyl (C=O) groups excluding carboxylic acids is 3. The number of para-hydroxylation sites is 1. The summed E-state index contributed by atoms with van der Waals surface area (Å²) in [4.78, 5) is 50.1. The molecule has 236 valence electrons. The van der Waals surface area contributed by atoms with Gasteiger partial charge in [-0.15, -0.1) is 11.3 Å². The SMILES string of the molecule is CCOC(=O)c1cc2c(s1)CCN(C(=O)c1ccc(NC(=O)c3cc(C)cnc3N3CC4(CCOCC4)C3)cc1)c1ccccc1-2. The molecule has 5 heterocycles. The number of nitrogens with one attached hydrogen (secondary N) is 1. The van der Waals surface area contributed by atoms with Crippen LogP contribution in [0.15, 0.2) is 66.9 Å². The Labute approximate surface area is 272 Å². The van der Waals surface area contributed by atoms with Crippen molar-refractivity contribution in [2.24, 2.45) is 5.41 Å². The van der Waals surface area contributed by atoms with Gasteiger partial charge < -0.3 is 24.6 Å². The Morgan fingerprint density at radius 3 is 2.54 bits per heavy atom. The molecule has 46 heavy (non-hydrogen) atoms. The van der Waals surface area contributed by atoms with Gasteiger partial charge >= 0.3 is 5.97 Å². The second-order valence-corrected chi connectivity index (χ2v) is 13.4. The molecule has 2 aromatic heterocycles. The summed E-state index contributed by atoms with van der Waals surface area (Å²) in [5.74, 6) is 0.0239. The predicted molar refractivity (Wildman–Crippen MR) is 179 cm³/mol. The molecule has 9 nitrogen and oxygen atoms in total. The number of amides is 2. The molecule has 0 saturated carbocycles. The number of pyridine rings is 1. The van der Waals surface area contributed by atoms with Gasteiger partial charge in [-0.1, -0.05) is 18.2 Å². The maximum atomic E-state index is 13.9. The first-order chi connectivity index (χ1) is 22.3. The molecule has 7 rings (SSSR count). The van der Waals surface area contributed by atoms with Crippen molar-refractivity contribution in [1.82, 2.24) is 4.98 Å². The average molecular weight is 637 g/mol. The molecule has 2 fully saturated rings. The lowest BCUT2D eigenvalue weighted by atomic mass is 9.73. The summed E-state index contributed by atoms with van der Waals surface area (Å²) in [5, 5.41) is 3.02. The fourth-order valence-corrected chi connectivity index (χ4v) is 7.75. The van der Waals surface area contributed by atoms with E-state index in [1.54, 1.807) is 42.3 Å². The Balaban J connectivity index is 1.07. The summed E-state index contributed by atoms with van der Waals surface area (Å²) in [5.41, 5.74) is 5.50. The summed E-state index contributed by atoms with van der Waals surface area (Å²) in [6.07, 6.45) is 4.50. The highest BCUT2D eigenvalue weighted by molar-refractivity contribution is 7.14. The van der Waals surface area contributed by atoms with Crippen molar-refractivity contribution >= 4 is 46.3 Å². The number of hydrogen-bond donors (Lipinski definition) is 1. The number of nitrogens with zero attached hydrogens (tertiary/aromatic N) is 3. The van der Waals surface area contributed by atoms with Gasteiger partial charge in [0.25, 0.3) is 11.8 Å². The highest BCUT2D eigenvalue weighted by atomic mass is 32.1. The van der Waals surface area contributed by atoms with Crippen molar-refractivity contribution in [3.8, 4) is 11.1 Å². The zero-order valence-corrected chi connectivity index (χ0v) is 26.8. The zero-order valence-electron chi connectivity index (χ0n) is 26.0. The standard InChI is InChI=1S/C36H36N4O5S/c1-3-45-35(43)31-19-27-26-6-4-5-7-29(26)40(15-12-30(27)46-31)34(42)24-8-10-25(11-9-24)38-33(41)28-18-23(2)20-37-32(28)39-21-36(22-39)13-16-44-17-14-36/h4-11,18-20H,3,12-17,21-22H2,1-2H3,(H,38,41). The number of hydrogen-bond acceptors (Lipinski definition) is 8. The van der Waals surface area contributed by atoms with Gasteiger partial charge in [-0.3, -0.25) is 9.59 Å². The molecule has 2 aromatic carbocycles. The second kappa shape index (κ2) is 12.3. The average Bonchev–Trinajstić information content (AvgIpc) is 3.42. The van der Waals surface area contributed by atoms with Gasteiger partial charge in [0.2, 0.25) is 0 Å². The van der Waals surface area contributed by atoms with Crippen LogP contribution in [0.3, 0.4) is 0 Å². The van der Waals surface area contributed by atoms with Crippen LogP contribution in [0.4, 0.5) is 17.2 Å². The van der Waals surface area contributed by atoms with Crippen molar-refractivity contribution in [3.63, 3.8) is 0 Å². The van der Waals surface area contributed by atoms with Crippen LogP contribution in [-0.4, -0.2) is 62.2 Å². The monoisotopic (exact) mass is 636 g/mol. The smallest absolute Gasteiger partial charge is 0.348 e. The van der Waals surface area contributed by atoms with Crippen molar-refractivity contribution < 1.29 is 23.9 Å². The van der Waals surface area contributed by atoms with Crippen LogP contribution in [0.5, 0.6) is 0 Å². The van der Waals surface area contributed by atoms with Gasteiger partial charge in [0.1, 0.15) is 10.7 Å². The van der Waals surface area contributed by atoms with Crippen molar-refractivity contribution in [1.29, 1.82) is 0 Å². The zero-order chi connectivity index (χ0) is 31.8. The summed E-state index contributed by atoms with van der Waals surface area (Å²) in [6, 6.07) is 18.6. The topological polar surface area (TPSA) is 101 Å². The molecule has 4 aromatic rings. The molecule has 2 saturated heterocycles. The van der Waals surface area contributed by atoms with E-state index in [0.29, 0.717) is 47.1 Å². The molecule has 0 radical (unpaired) electrons. The molecule has 3 aliphatic rings. The van der Waals surface area contributed by atoms with E-state index in [-0.39, 0.29) is 23.2 Å². The Morgan fingerprint density at radius 1 is 1.02 bits per heavy atom. The fraction of sp³-hybridized carbons (Fsp3) is 0.333. The number of esters is 1. The van der Waals surface area contributed by atoms with E-state index in [0.717, 1.165) is 66.4 Å². The van der Waals surface area contributed by atoms with Gasteiger partial charge in [0.05, 0.1) is 17.9 Å². The molecule has 1 N–H and O–H groups in total. The van der Waals surface area contributed by atoms with E-state index < -0.39 is 0 Å². The third-order valence-electron chi connectivity index (χ3n) is 9.12. The summed E-state index contributed by atoms with van der Waals surface area (Å²) in [7, 11) is 0. The lowest BCUT2D eigenvalue weighted by Crippen LogP contribution is -2.59. The number of aromatic nitrogens is 1. The molecular weight excluding hydrogens is 600 g/mol. The number of anilines is 3. The molecule has 1 spiro atoms. The first-order valence-electron chi connectivity index (χ1n) is 15.8. The Kier molecular flexibility index (Phi) is 8.08. The van der Waals surface area contributed by atoms with E-state index in [9.17, 15) is 14.4 Å². The maximum Gasteiger partial charge on any atom is 0.348 e. The van der Waals surface area contributed by atoms with Crippen molar-refractivity contribution in [3.05, 3.63) is 93.3 Å². The molecule has 10 heteroatoms. The molecule has 2 amide bonds. The third-order valence-corrected chi connectivity index (χ3v) is 10.3. The Bertz CT molecular complexity index is 1800. The van der Waals surface area contributed by atoms with Crippen LogP contribution >= 0.6 is 11.3 Å². The number of carbonyl (C=O) groups is 3. The van der Waals surface area contributed by atoms with Gasteiger partial charge in [-0.25, -0.2) is 9.78 Å². The normalized spacial score (nSPS) is 16.6. The van der Waals surface area contributed by atoms with Crippen LogP contribution in [0.25, 0.3) is 11.1 Å². The first kappa shape index (κ1) is 30.1. The van der Waals surface area contributed by atoms with E-state index in [2.05, 4.69) is 15.2 Å². The Hall–Kier alpha value is -4.54. The number of benzene rings is 2. The molecule has 0 atom stereocenters.